The van der Waals surface area contributed by atoms with Gasteiger partial charge in [0.2, 0.25) is 5.95 Å². The van der Waals surface area contributed by atoms with Gasteiger partial charge >= 0.3 is 0 Å². The highest BCUT2D eigenvalue weighted by molar-refractivity contribution is 14.1. The molecule has 0 unspecified atom stereocenters. The maximum Gasteiger partial charge on any atom is 0.268 e. The Morgan fingerprint density at radius 1 is 1.47 bits per heavy atom. The van der Waals surface area contributed by atoms with Crippen LogP contribution in [-0.2, 0) is 10.0 Å². The Labute approximate surface area is 96.9 Å². The van der Waals surface area contributed by atoms with E-state index in [2.05, 4.69) is 4.98 Å². The van der Waals surface area contributed by atoms with Crippen LogP contribution < -0.4 is 5.14 Å². The van der Waals surface area contributed by atoms with E-state index in [9.17, 15) is 21.6 Å². The molecular formula is C6H4F3IN2O2S. The number of nitrogens with zero attached hydrogens (tertiary/aromatic N) is 1. The first-order chi connectivity index (χ1) is 6.73. The number of alkyl halides is 2. The highest BCUT2D eigenvalue weighted by Crippen LogP contribution is 2.25. The molecule has 15 heavy (non-hydrogen) atoms. The molecule has 1 aromatic heterocycles. The lowest BCUT2D eigenvalue weighted by Gasteiger charge is -2.05. The van der Waals surface area contributed by atoms with Crippen molar-refractivity contribution in [1.82, 2.24) is 4.98 Å². The van der Waals surface area contributed by atoms with Crippen molar-refractivity contribution in [2.75, 3.05) is 0 Å². The lowest BCUT2D eigenvalue weighted by molar-refractivity contribution is 0.144. The first-order valence-electron chi connectivity index (χ1n) is 3.40. The average Bonchev–Trinajstić information content (AvgIpc) is 2.06. The lowest BCUT2D eigenvalue weighted by atomic mass is 10.3. The Hall–Kier alpha value is -0.420. The molecule has 0 atom stereocenters. The van der Waals surface area contributed by atoms with Gasteiger partial charge < -0.3 is 0 Å². The van der Waals surface area contributed by atoms with Crippen molar-refractivity contribution >= 4 is 32.6 Å². The van der Waals surface area contributed by atoms with E-state index in [-0.39, 0.29) is 3.57 Å². The zero-order valence-electron chi connectivity index (χ0n) is 6.92. The van der Waals surface area contributed by atoms with Gasteiger partial charge in [0.1, 0.15) is 0 Å². The summed E-state index contributed by atoms with van der Waals surface area (Å²) >= 11 is 1.44. The molecule has 4 nitrogen and oxygen atoms in total. The minimum absolute atomic E-state index is 0.146. The summed E-state index contributed by atoms with van der Waals surface area (Å²) in [5, 5.41) is 3.96. The van der Waals surface area contributed by atoms with Crippen molar-refractivity contribution in [3.8, 4) is 0 Å². The second kappa shape index (κ2) is 4.22. The fraction of sp³-hybridized carbons (Fsp3) is 0.167. The molecule has 0 saturated carbocycles. The normalized spacial score (nSPS) is 12.1. The zero-order chi connectivity index (χ0) is 11.8. The third-order valence-corrected chi connectivity index (χ3v) is 3.47. The monoisotopic (exact) mass is 352 g/mol. The van der Waals surface area contributed by atoms with E-state index >= 15 is 0 Å². The van der Waals surface area contributed by atoms with E-state index < -0.39 is 33.0 Å². The molecule has 0 amide bonds. The molecule has 0 saturated heterocycles. The number of primary sulfonamides is 1. The molecule has 0 spiro atoms. The fourth-order valence-corrected chi connectivity index (χ4v) is 2.73. The molecular weight excluding hydrogens is 348 g/mol. The molecule has 0 bridgehead atoms. The molecule has 2 N–H and O–H groups in total. The molecule has 0 radical (unpaired) electrons. The largest absolute Gasteiger partial charge is 0.268 e. The Morgan fingerprint density at radius 2 is 2.00 bits per heavy atom. The number of aromatic nitrogens is 1. The fourth-order valence-electron chi connectivity index (χ4n) is 0.817. The summed E-state index contributed by atoms with van der Waals surface area (Å²) in [6.07, 6.45) is -3.06. The average molecular weight is 352 g/mol. The number of sulfonamides is 1. The van der Waals surface area contributed by atoms with E-state index in [4.69, 9.17) is 5.14 Å². The number of rotatable bonds is 2. The van der Waals surface area contributed by atoms with E-state index in [1.165, 1.54) is 22.6 Å². The van der Waals surface area contributed by atoms with Crippen LogP contribution in [-0.4, -0.2) is 13.4 Å². The van der Waals surface area contributed by atoms with Crippen LogP contribution in [0.4, 0.5) is 13.2 Å². The van der Waals surface area contributed by atoms with Crippen LogP contribution in [0.3, 0.4) is 0 Å². The van der Waals surface area contributed by atoms with Gasteiger partial charge in [-0.15, -0.1) is 0 Å². The maximum absolute atomic E-state index is 12.9. The molecule has 0 aliphatic carbocycles. The first-order valence-corrected chi connectivity index (χ1v) is 6.03. The summed E-state index contributed by atoms with van der Waals surface area (Å²) in [6, 6.07) is 0.702. The maximum atomic E-state index is 12.9. The molecule has 1 aromatic rings. The van der Waals surface area contributed by atoms with Crippen LogP contribution >= 0.6 is 22.6 Å². The number of nitrogens with two attached hydrogens (primary N) is 1. The van der Waals surface area contributed by atoms with Gasteiger partial charge in [0, 0.05) is 0 Å². The Morgan fingerprint density at radius 3 is 2.40 bits per heavy atom. The number of pyridine rings is 1. The van der Waals surface area contributed by atoms with E-state index in [0.29, 0.717) is 6.07 Å². The molecule has 1 heterocycles. The zero-order valence-corrected chi connectivity index (χ0v) is 9.89. The second-order valence-corrected chi connectivity index (χ2v) is 5.14. The van der Waals surface area contributed by atoms with E-state index in [1.54, 1.807) is 0 Å². The summed E-state index contributed by atoms with van der Waals surface area (Å²) in [7, 11) is -4.20. The van der Waals surface area contributed by atoms with Crippen molar-refractivity contribution in [1.29, 1.82) is 0 Å². The van der Waals surface area contributed by atoms with E-state index in [1.807, 2.05) is 0 Å². The minimum atomic E-state index is -4.20. The van der Waals surface area contributed by atoms with Crippen molar-refractivity contribution in [2.45, 2.75) is 11.5 Å². The number of hydrogen-bond acceptors (Lipinski definition) is 3. The molecule has 0 fully saturated rings. The van der Waals surface area contributed by atoms with Gasteiger partial charge in [0.05, 0.1) is 9.13 Å². The topological polar surface area (TPSA) is 73.1 Å². The highest BCUT2D eigenvalue weighted by atomic mass is 127. The van der Waals surface area contributed by atoms with Gasteiger partial charge in [0.25, 0.3) is 16.4 Å². The second-order valence-electron chi connectivity index (χ2n) is 2.50. The van der Waals surface area contributed by atoms with Gasteiger partial charge in [-0.05, 0) is 28.7 Å². The Kier molecular flexibility index (Phi) is 3.55. The van der Waals surface area contributed by atoms with Gasteiger partial charge in [0.15, 0.2) is 5.03 Å². The van der Waals surface area contributed by atoms with Gasteiger partial charge in [-0.25, -0.2) is 27.3 Å². The quantitative estimate of drug-likeness (QED) is 0.646. The van der Waals surface area contributed by atoms with E-state index in [0.717, 1.165) is 0 Å². The predicted molar refractivity (Wildman–Crippen MR) is 53.2 cm³/mol. The predicted octanol–water partition coefficient (Wildman–Crippen LogP) is 1.41. The van der Waals surface area contributed by atoms with Crippen LogP contribution in [0.2, 0.25) is 0 Å². The van der Waals surface area contributed by atoms with Crippen LogP contribution in [0.15, 0.2) is 11.1 Å². The molecule has 1 rings (SSSR count). The first kappa shape index (κ1) is 12.6. The van der Waals surface area contributed by atoms with Crippen LogP contribution in [0.1, 0.15) is 12.0 Å². The molecule has 84 valence electrons. The Balaban J connectivity index is 3.46. The highest BCUT2D eigenvalue weighted by Gasteiger charge is 2.22. The summed E-state index contributed by atoms with van der Waals surface area (Å²) in [6.45, 7) is 0. The van der Waals surface area contributed by atoms with Crippen LogP contribution in [0.25, 0.3) is 0 Å². The van der Waals surface area contributed by atoms with Gasteiger partial charge in [-0.1, -0.05) is 0 Å². The summed E-state index contributed by atoms with van der Waals surface area (Å²) in [5.41, 5.74) is -0.952. The SMILES string of the molecule is NS(=O)(=O)c1nc(F)c(C(F)F)cc1I. The minimum Gasteiger partial charge on any atom is -0.223 e. The lowest BCUT2D eigenvalue weighted by Crippen LogP contribution is -2.17. The summed E-state index contributed by atoms with van der Waals surface area (Å²) in [5.74, 6) is -1.53. The number of halogens is 4. The third-order valence-electron chi connectivity index (χ3n) is 1.43. The van der Waals surface area contributed by atoms with Gasteiger partial charge in [-0.2, -0.15) is 4.39 Å². The van der Waals surface area contributed by atoms with Crippen LogP contribution in [0.5, 0.6) is 0 Å². The molecule has 0 aromatic carbocycles. The standard InChI is InChI=1S/C6H4F3IN2O2S/c7-4(8)2-1-3(10)6(12-5(2)9)15(11,13)14/h1,4H,(H2,11,13,14). The smallest absolute Gasteiger partial charge is 0.223 e. The third kappa shape index (κ3) is 2.78. The summed E-state index contributed by atoms with van der Waals surface area (Å²) in [4.78, 5) is 2.90. The van der Waals surface area contributed by atoms with Crippen LogP contribution in [0, 0.1) is 9.52 Å². The molecule has 9 heteroatoms. The van der Waals surface area contributed by atoms with Gasteiger partial charge in [-0.3, -0.25) is 0 Å². The summed E-state index contributed by atoms with van der Waals surface area (Å²) < 4.78 is 58.8. The van der Waals surface area contributed by atoms with Crippen molar-refractivity contribution in [3.05, 3.63) is 21.1 Å². The molecule has 0 aliphatic rings. The Bertz CT molecular complexity index is 491. The van der Waals surface area contributed by atoms with Crippen molar-refractivity contribution in [2.24, 2.45) is 5.14 Å². The van der Waals surface area contributed by atoms with Crippen molar-refractivity contribution < 1.29 is 21.6 Å². The molecule has 0 aliphatic heterocycles. The van der Waals surface area contributed by atoms with Crippen molar-refractivity contribution in [3.63, 3.8) is 0 Å². The number of hydrogen-bond donors (Lipinski definition) is 1.